The molecule has 0 atom stereocenters. The van der Waals surface area contributed by atoms with Crippen molar-refractivity contribution >= 4 is 12.0 Å². The molecular weight excluding hydrogens is 253 g/mol. The Labute approximate surface area is 99.7 Å². The second kappa shape index (κ2) is 5.89. The van der Waals surface area contributed by atoms with Crippen molar-refractivity contribution < 1.29 is 27.5 Å². The van der Waals surface area contributed by atoms with Gasteiger partial charge in [0.15, 0.2) is 17.5 Å². The van der Waals surface area contributed by atoms with Crippen molar-refractivity contribution in [1.29, 1.82) is 0 Å². The summed E-state index contributed by atoms with van der Waals surface area (Å²) in [5.41, 5.74) is 4.28. The SMILES string of the molecule is NC(=O)OCCNC(=O)c1cc(F)c(F)c(F)c1. The molecule has 1 aromatic carbocycles. The molecule has 98 valence electrons. The van der Waals surface area contributed by atoms with Gasteiger partial charge in [0.2, 0.25) is 0 Å². The number of hydrogen-bond donors (Lipinski definition) is 2. The summed E-state index contributed by atoms with van der Waals surface area (Å²) in [7, 11) is 0. The quantitative estimate of drug-likeness (QED) is 0.625. The van der Waals surface area contributed by atoms with Crippen LogP contribution in [0, 0.1) is 17.5 Å². The Hall–Kier alpha value is -2.25. The number of halogens is 3. The molecule has 0 saturated heterocycles. The van der Waals surface area contributed by atoms with Gasteiger partial charge in [-0.05, 0) is 12.1 Å². The first-order valence-electron chi connectivity index (χ1n) is 4.76. The highest BCUT2D eigenvalue weighted by atomic mass is 19.2. The first-order valence-corrected chi connectivity index (χ1v) is 4.76. The molecular formula is C10H9F3N2O3. The third kappa shape index (κ3) is 3.65. The lowest BCUT2D eigenvalue weighted by molar-refractivity contribution is 0.0935. The van der Waals surface area contributed by atoms with E-state index in [1.807, 2.05) is 0 Å². The minimum Gasteiger partial charge on any atom is -0.448 e. The minimum atomic E-state index is -1.65. The third-order valence-corrected chi connectivity index (χ3v) is 1.88. The van der Waals surface area contributed by atoms with Crippen LogP contribution >= 0.6 is 0 Å². The maximum atomic E-state index is 12.8. The number of amides is 2. The fourth-order valence-corrected chi connectivity index (χ4v) is 1.10. The summed E-state index contributed by atoms with van der Waals surface area (Å²) in [6.45, 7) is -0.282. The minimum absolute atomic E-state index is 0.0949. The number of carbonyl (C=O) groups is 2. The molecule has 5 nitrogen and oxygen atoms in total. The standard InChI is InChI=1S/C10H9F3N2O3/c11-6-3-5(4-7(12)8(6)13)9(16)15-1-2-18-10(14)17/h3-4H,1-2H2,(H2,14,17)(H,15,16). The highest BCUT2D eigenvalue weighted by Gasteiger charge is 2.14. The van der Waals surface area contributed by atoms with Gasteiger partial charge in [-0.3, -0.25) is 4.79 Å². The van der Waals surface area contributed by atoms with Crippen molar-refractivity contribution in [1.82, 2.24) is 5.32 Å². The lowest BCUT2D eigenvalue weighted by Crippen LogP contribution is -2.29. The van der Waals surface area contributed by atoms with Crippen LogP contribution in [0.3, 0.4) is 0 Å². The van der Waals surface area contributed by atoms with Gasteiger partial charge in [0.05, 0.1) is 6.54 Å². The molecule has 0 aliphatic carbocycles. The number of rotatable bonds is 4. The monoisotopic (exact) mass is 262 g/mol. The van der Waals surface area contributed by atoms with Crippen LogP contribution in [0.2, 0.25) is 0 Å². The summed E-state index contributed by atoms with van der Waals surface area (Å²) in [4.78, 5) is 21.6. The van der Waals surface area contributed by atoms with Crippen LogP contribution in [0.4, 0.5) is 18.0 Å². The van der Waals surface area contributed by atoms with Gasteiger partial charge in [-0.25, -0.2) is 18.0 Å². The van der Waals surface area contributed by atoms with Crippen LogP contribution in [0.1, 0.15) is 10.4 Å². The van der Waals surface area contributed by atoms with Crippen LogP contribution < -0.4 is 11.1 Å². The van der Waals surface area contributed by atoms with E-state index in [0.29, 0.717) is 12.1 Å². The van der Waals surface area contributed by atoms with E-state index >= 15 is 0 Å². The van der Waals surface area contributed by atoms with Crippen molar-refractivity contribution in [3.8, 4) is 0 Å². The van der Waals surface area contributed by atoms with Gasteiger partial charge >= 0.3 is 6.09 Å². The number of hydrogen-bond acceptors (Lipinski definition) is 3. The fourth-order valence-electron chi connectivity index (χ4n) is 1.10. The molecule has 0 unspecified atom stereocenters. The molecule has 0 aliphatic heterocycles. The van der Waals surface area contributed by atoms with Crippen LogP contribution in [-0.4, -0.2) is 25.2 Å². The molecule has 0 aromatic heterocycles. The van der Waals surface area contributed by atoms with E-state index in [1.54, 1.807) is 0 Å². The predicted octanol–water partition coefficient (Wildman–Crippen LogP) is 0.929. The van der Waals surface area contributed by atoms with E-state index in [-0.39, 0.29) is 18.7 Å². The van der Waals surface area contributed by atoms with E-state index in [4.69, 9.17) is 0 Å². The maximum absolute atomic E-state index is 12.8. The zero-order chi connectivity index (χ0) is 13.7. The van der Waals surface area contributed by atoms with E-state index in [1.165, 1.54) is 0 Å². The third-order valence-electron chi connectivity index (χ3n) is 1.88. The van der Waals surface area contributed by atoms with Crippen molar-refractivity contribution in [2.75, 3.05) is 13.2 Å². The Morgan fingerprint density at radius 2 is 1.78 bits per heavy atom. The molecule has 18 heavy (non-hydrogen) atoms. The smallest absolute Gasteiger partial charge is 0.404 e. The number of carbonyl (C=O) groups excluding carboxylic acids is 2. The Morgan fingerprint density at radius 1 is 1.22 bits per heavy atom. The fraction of sp³-hybridized carbons (Fsp3) is 0.200. The number of primary amides is 1. The van der Waals surface area contributed by atoms with E-state index in [0.717, 1.165) is 0 Å². The van der Waals surface area contributed by atoms with Crippen molar-refractivity contribution in [3.05, 3.63) is 35.1 Å². The lowest BCUT2D eigenvalue weighted by atomic mass is 10.2. The maximum Gasteiger partial charge on any atom is 0.404 e. The molecule has 0 heterocycles. The topological polar surface area (TPSA) is 81.4 Å². The zero-order valence-corrected chi connectivity index (χ0v) is 9.00. The second-order valence-corrected chi connectivity index (χ2v) is 3.18. The molecule has 3 N–H and O–H groups in total. The Morgan fingerprint density at radius 3 is 2.28 bits per heavy atom. The van der Waals surface area contributed by atoms with Crippen molar-refractivity contribution in [3.63, 3.8) is 0 Å². The summed E-state index contributed by atoms with van der Waals surface area (Å²) in [5, 5.41) is 2.20. The Balaban J connectivity index is 2.59. The average molecular weight is 262 g/mol. The Kier molecular flexibility index (Phi) is 4.52. The van der Waals surface area contributed by atoms with Gasteiger partial charge in [-0.1, -0.05) is 0 Å². The van der Waals surface area contributed by atoms with Gasteiger partial charge in [0, 0.05) is 5.56 Å². The molecule has 8 heteroatoms. The largest absolute Gasteiger partial charge is 0.448 e. The number of nitrogens with two attached hydrogens (primary N) is 1. The molecule has 2 amide bonds. The van der Waals surface area contributed by atoms with Gasteiger partial charge in [-0.15, -0.1) is 0 Å². The van der Waals surface area contributed by atoms with Crippen molar-refractivity contribution in [2.24, 2.45) is 5.73 Å². The summed E-state index contributed by atoms with van der Waals surface area (Å²) < 4.78 is 42.6. The highest BCUT2D eigenvalue weighted by Crippen LogP contribution is 2.13. The van der Waals surface area contributed by atoms with Crippen LogP contribution in [0.25, 0.3) is 0 Å². The Bertz CT molecular complexity index is 456. The summed E-state index contributed by atoms with van der Waals surface area (Å²) in [5.74, 6) is -5.41. The number of benzene rings is 1. The van der Waals surface area contributed by atoms with E-state index < -0.39 is 29.5 Å². The molecule has 0 bridgehead atoms. The lowest BCUT2D eigenvalue weighted by Gasteiger charge is -2.06. The van der Waals surface area contributed by atoms with Gasteiger partial charge in [0.1, 0.15) is 6.61 Å². The average Bonchev–Trinajstić information content (AvgIpc) is 2.30. The first-order chi connectivity index (χ1) is 8.41. The normalized spacial score (nSPS) is 9.94. The molecule has 0 fully saturated rings. The van der Waals surface area contributed by atoms with Crippen LogP contribution in [0.5, 0.6) is 0 Å². The van der Waals surface area contributed by atoms with Crippen LogP contribution in [-0.2, 0) is 4.74 Å². The molecule has 1 rings (SSSR count). The van der Waals surface area contributed by atoms with Gasteiger partial charge in [-0.2, -0.15) is 0 Å². The molecule has 0 saturated carbocycles. The van der Waals surface area contributed by atoms with E-state index in [2.05, 4.69) is 15.8 Å². The van der Waals surface area contributed by atoms with Gasteiger partial charge < -0.3 is 15.8 Å². The van der Waals surface area contributed by atoms with Crippen molar-refractivity contribution in [2.45, 2.75) is 0 Å². The second-order valence-electron chi connectivity index (χ2n) is 3.18. The number of nitrogens with one attached hydrogen (secondary N) is 1. The molecule has 0 aliphatic rings. The molecule has 1 aromatic rings. The highest BCUT2D eigenvalue weighted by molar-refractivity contribution is 5.94. The molecule has 0 spiro atoms. The van der Waals surface area contributed by atoms with Crippen LogP contribution in [0.15, 0.2) is 12.1 Å². The number of ether oxygens (including phenoxy) is 1. The first kappa shape index (κ1) is 13.8. The molecule has 0 radical (unpaired) electrons. The summed E-state index contributed by atoms with van der Waals surface area (Å²) >= 11 is 0. The van der Waals surface area contributed by atoms with Gasteiger partial charge in [0.25, 0.3) is 5.91 Å². The van der Waals surface area contributed by atoms with E-state index in [9.17, 15) is 22.8 Å². The summed E-state index contributed by atoms with van der Waals surface area (Å²) in [6, 6.07) is 1.12. The predicted molar refractivity (Wildman–Crippen MR) is 54.2 cm³/mol. The summed E-state index contributed by atoms with van der Waals surface area (Å²) in [6.07, 6.45) is -1.01. The zero-order valence-electron chi connectivity index (χ0n) is 9.00.